The summed E-state index contributed by atoms with van der Waals surface area (Å²) < 4.78 is 7.88. The highest BCUT2D eigenvalue weighted by Gasteiger charge is 2.18. The Labute approximate surface area is 127 Å². The summed E-state index contributed by atoms with van der Waals surface area (Å²) in [5.74, 6) is 0.243. The van der Waals surface area contributed by atoms with Gasteiger partial charge < -0.3 is 4.42 Å². The average Bonchev–Trinajstić information content (AvgIpc) is 3.11. The molecule has 98 valence electrons. The lowest BCUT2D eigenvalue weighted by molar-refractivity contribution is 0.101. The van der Waals surface area contributed by atoms with E-state index in [2.05, 4.69) is 0 Å². The Bertz CT molecular complexity index is 917. The maximum Gasteiger partial charge on any atom is 0.238 e. The zero-order valence-electron chi connectivity index (χ0n) is 10.1. The molecule has 0 bridgehead atoms. The van der Waals surface area contributed by atoms with Gasteiger partial charge in [0.15, 0.2) is 11.3 Å². The van der Waals surface area contributed by atoms with E-state index in [1.54, 1.807) is 23.5 Å². The fourth-order valence-corrected chi connectivity index (χ4v) is 4.41. The van der Waals surface area contributed by atoms with Crippen LogP contribution in [0.5, 0.6) is 0 Å². The van der Waals surface area contributed by atoms with E-state index in [9.17, 15) is 4.79 Å². The Morgan fingerprint density at radius 2 is 2.05 bits per heavy atom. The van der Waals surface area contributed by atoms with Gasteiger partial charge in [-0.2, -0.15) is 0 Å². The maximum absolute atomic E-state index is 12.5. The summed E-state index contributed by atoms with van der Waals surface area (Å²) >= 11 is 9.19. The number of hydrogen-bond donors (Lipinski definition) is 0. The Hall–Kier alpha value is -1.62. The molecule has 0 aliphatic rings. The minimum absolute atomic E-state index is 0.0920. The largest absolute Gasteiger partial charge is 0.451 e. The van der Waals surface area contributed by atoms with E-state index in [-0.39, 0.29) is 5.78 Å². The summed E-state index contributed by atoms with van der Waals surface area (Å²) in [4.78, 5) is 13.2. The molecular formula is C15H7ClO2S2. The van der Waals surface area contributed by atoms with E-state index >= 15 is 0 Å². The smallest absolute Gasteiger partial charge is 0.238 e. The lowest BCUT2D eigenvalue weighted by Crippen LogP contribution is -1.95. The molecule has 0 atom stereocenters. The highest BCUT2D eigenvalue weighted by atomic mass is 35.5. The minimum Gasteiger partial charge on any atom is -0.451 e. The van der Waals surface area contributed by atoms with Crippen LogP contribution in [0.1, 0.15) is 15.4 Å². The van der Waals surface area contributed by atoms with E-state index < -0.39 is 0 Å². The molecule has 0 unspecified atom stereocenters. The van der Waals surface area contributed by atoms with Crippen LogP contribution in [0.2, 0.25) is 5.02 Å². The molecule has 0 radical (unpaired) electrons. The lowest BCUT2D eigenvalue weighted by Gasteiger charge is -1.92. The molecule has 20 heavy (non-hydrogen) atoms. The van der Waals surface area contributed by atoms with Gasteiger partial charge in [-0.15, -0.1) is 22.7 Å². The second-order valence-electron chi connectivity index (χ2n) is 4.36. The number of furan rings is 1. The molecule has 5 heteroatoms. The van der Waals surface area contributed by atoms with Crippen LogP contribution < -0.4 is 0 Å². The number of halogens is 1. The third-order valence-electron chi connectivity index (χ3n) is 3.08. The van der Waals surface area contributed by atoms with E-state index in [0.29, 0.717) is 21.2 Å². The van der Waals surface area contributed by atoms with Crippen molar-refractivity contribution in [3.05, 3.63) is 57.4 Å². The van der Waals surface area contributed by atoms with Gasteiger partial charge >= 0.3 is 0 Å². The van der Waals surface area contributed by atoms with Gasteiger partial charge in [0.25, 0.3) is 0 Å². The quantitative estimate of drug-likeness (QED) is 0.451. The number of carbonyl (C=O) groups excluding carboxylic acids is 1. The van der Waals surface area contributed by atoms with Crippen molar-refractivity contribution in [3.8, 4) is 0 Å². The fourth-order valence-electron chi connectivity index (χ4n) is 2.14. The monoisotopic (exact) mass is 318 g/mol. The van der Waals surface area contributed by atoms with Crippen molar-refractivity contribution in [1.29, 1.82) is 0 Å². The summed E-state index contributed by atoms with van der Waals surface area (Å²) in [5.41, 5.74) is 0.566. The number of ketones is 1. The molecule has 0 saturated heterocycles. The predicted molar refractivity (Wildman–Crippen MR) is 84.4 cm³/mol. The first kappa shape index (κ1) is 12.1. The van der Waals surface area contributed by atoms with E-state index in [4.69, 9.17) is 16.0 Å². The molecule has 0 fully saturated rings. The number of thiophene rings is 2. The van der Waals surface area contributed by atoms with Crippen LogP contribution in [0, 0.1) is 0 Å². The third kappa shape index (κ3) is 1.80. The van der Waals surface area contributed by atoms with E-state index in [0.717, 1.165) is 14.8 Å². The third-order valence-corrected chi connectivity index (χ3v) is 5.47. The van der Waals surface area contributed by atoms with Crippen molar-refractivity contribution in [1.82, 2.24) is 0 Å². The number of fused-ring (bicyclic) bond motifs is 2. The van der Waals surface area contributed by atoms with Crippen LogP contribution in [-0.4, -0.2) is 5.78 Å². The van der Waals surface area contributed by atoms with Gasteiger partial charge in [-0.05, 0) is 29.6 Å². The van der Waals surface area contributed by atoms with Gasteiger partial charge in [0.2, 0.25) is 5.78 Å². The van der Waals surface area contributed by atoms with Crippen LogP contribution >= 0.6 is 34.3 Å². The molecule has 0 aliphatic carbocycles. The lowest BCUT2D eigenvalue weighted by atomic mass is 10.2. The maximum atomic E-state index is 12.5. The highest BCUT2D eigenvalue weighted by Crippen LogP contribution is 2.33. The fraction of sp³-hybridized carbons (Fsp3) is 0. The van der Waals surface area contributed by atoms with Crippen molar-refractivity contribution in [2.24, 2.45) is 0 Å². The minimum atomic E-state index is -0.0920. The van der Waals surface area contributed by atoms with Crippen LogP contribution in [0.25, 0.3) is 20.4 Å². The molecule has 0 spiro atoms. The van der Waals surface area contributed by atoms with Gasteiger partial charge in [-0.1, -0.05) is 23.7 Å². The zero-order valence-corrected chi connectivity index (χ0v) is 12.4. The normalized spacial score (nSPS) is 11.4. The molecule has 0 amide bonds. The van der Waals surface area contributed by atoms with Gasteiger partial charge in [0, 0.05) is 14.8 Å². The molecule has 1 aromatic carbocycles. The summed E-state index contributed by atoms with van der Waals surface area (Å²) in [7, 11) is 0. The number of benzene rings is 1. The summed E-state index contributed by atoms with van der Waals surface area (Å²) in [6.07, 6.45) is 0. The first-order chi connectivity index (χ1) is 9.72. The average molecular weight is 319 g/mol. The Balaban J connectivity index is 1.83. The predicted octanol–water partition coefficient (Wildman–Crippen LogP) is 5.59. The molecule has 4 aromatic rings. The molecule has 3 heterocycles. The molecular weight excluding hydrogens is 312 g/mol. The highest BCUT2D eigenvalue weighted by molar-refractivity contribution is 7.28. The number of carbonyl (C=O) groups is 1. The van der Waals surface area contributed by atoms with Crippen LogP contribution in [-0.2, 0) is 0 Å². The van der Waals surface area contributed by atoms with E-state index in [1.807, 2.05) is 29.6 Å². The van der Waals surface area contributed by atoms with Crippen LogP contribution in [0.4, 0.5) is 0 Å². The molecule has 0 N–H and O–H groups in total. The van der Waals surface area contributed by atoms with Crippen molar-refractivity contribution < 1.29 is 9.21 Å². The van der Waals surface area contributed by atoms with Crippen LogP contribution in [0.3, 0.4) is 0 Å². The van der Waals surface area contributed by atoms with E-state index in [1.165, 1.54) is 11.3 Å². The van der Waals surface area contributed by atoms with Gasteiger partial charge in [0.1, 0.15) is 0 Å². The number of para-hydroxylation sites is 1. The van der Waals surface area contributed by atoms with Crippen molar-refractivity contribution >= 4 is 60.4 Å². The molecule has 4 rings (SSSR count). The zero-order chi connectivity index (χ0) is 13.7. The standard InChI is InChI=1S/C15H7ClO2S2/c16-9-3-1-2-8-6-10(18-15(8)9)14(17)13-7-12-11(20-13)4-5-19-12/h1-7H. The molecule has 3 aromatic heterocycles. The van der Waals surface area contributed by atoms with Crippen LogP contribution in [0.15, 0.2) is 46.2 Å². The number of rotatable bonds is 2. The van der Waals surface area contributed by atoms with Crippen molar-refractivity contribution in [3.63, 3.8) is 0 Å². The Morgan fingerprint density at radius 3 is 2.85 bits per heavy atom. The molecule has 0 aliphatic heterocycles. The topological polar surface area (TPSA) is 30.2 Å². The summed E-state index contributed by atoms with van der Waals surface area (Å²) in [6.45, 7) is 0. The Morgan fingerprint density at radius 1 is 1.15 bits per heavy atom. The molecule has 0 saturated carbocycles. The summed E-state index contributed by atoms with van der Waals surface area (Å²) in [6, 6.07) is 11.2. The SMILES string of the molecule is O=C(c1cc2cccc(Cl)c2o1)c1cc2sccc2s1. The second-order valence-corrected chi connectivity index (χ2v) is 6.80. The van der Waals surface area contributed by atoms with Gasteiger partial charge in [-0.25, -0.2) is 0 Å². The van der Waals surface area contributed by atoms with Gasteiger partial charge in [0.05, 0.1) is 9.90 Å². The molecule has 2 nitrogen and oxygen atoms in total. The summed E-state index contributed by atoms with van der Waals surface area (Å²) in [5, 5.41) is 3.39. The Kier molecular flexibility index (Phi) is 2.70. The number of hydrogen-bond acceptors (Lipinski definition) is 4. The van der Waals surface area contributed by atoms with Crippen molar-refractivity contribution in [2.45, 2.75) is 0 Å². The first-order valence-electron chi connectivity index (χ1n) is 5.92. The van der Waals surface area contributed by atoms with Crippen molar-refractivity contribution in [2.75, 3.05) is 0 Å². The second kappa shape index (κ2) is 4.45. The first-order valence-corrected chi connectivity index (χ1v) is 7.99. The van der Waals surface area contributed by atoms with Gasteiger partial charge in [-0.3, -0.25) is 4.79 Å².